The van der Waals surface area contributed by atoms with Gasteiger partial charge in [-0.05, 0) is 17.7 Å². The second kappa shape index (κ2) is 4.55. The number of nitro groups is 1. The van der Waals surface area contributed by atoms with E-state index in [0.29, 0.717) is 5.56 Å². The van der Waals surface area contributed by atoms with Gasteiger partial charge in [0.1, 0.15) is 6.20 Å². The lowest BCUT2D eigenvalue weighted by atomic mass is 10.1. The highest BCUT2D eigenvalue weighted by Gasteiger charge is 2.17. The number of rotatable bonds is 3. The number of aromatic nitrogens is 2. The molecule has 0 aliphatic carbocycles. The number of nitrogen functional groups attached to an aromatic ring is 1. The van der Waals surface area contributed by atoms with Gasteiger partial charge in [0.25, 0.3) is 0 Å². The molecule has 0 saturated heterocycles. The van der Waals surface area contributed by atoms with E-state index < -0.39 is 4.92 Å². The van der Waals surface area contributed by atoms with Gasteiger partial charge < -0.3 is 5.73 Å². The summed E-state index contributed by atoms with van der Waals surface area (Å²) in [6.45, 7) is 0.287. The monoisotopic (exact) mass is 243 g/mol. The molecular weight excluding hydrogens is 234 g/mol. The molecule has 0 fully saturated rings. The molecule has 7 heteroatoms. The van der Waals surface area contributed by atoms with Crippen LogP contribution in [0.5, 0.6) is 0 Å². The molecular formula is C11H9N5O2. The zero-order chi connectivity index (χ0) is 13.1. The Morgan fingerprint density at radius 3 is 2.94 bits per heavy atom. The molecule has 18 heavy (non-hydrogen) atoms. The van der Waals surface area contributed by atoms with Gasteiger partial charge in [0.15, 0.2) is 0 Å². The van der Waals surface area contributed by atoms with Crippen LogP contribution in [0.3, 0.4) is 0 Å². The topological polar surface area (TPSA) is 111 Å². The fourth-order valence-electron chi connectivity index (χ4n) is 1.56. The summed E-state index contributed by atoms with van der Waals surface area (Å²) >= 11 is 0. The molecule has 0 saturated carbocycles. The first-order chi connectivity index (χ1) is 8.61. The highest BCUT2D eigenvalue weighted by molar-refractivity contribution is 5.51. The molecule has 2 N–H and O–H groups in total. The number of hydrogen-bond donors (Lipinski definition) is 1. The van der Waals surface area contributed by atoms with E-state index in [1.54, 1.807) is 24.3 Å². The first kappa shape index (κ1) is 11.6. The van der Waals surface area contributed by atoms with Crippen LogP contribution >= 0.6 is 0 Å². The molecule has 1 aromatic heterocycles. The average Bonchev–Trinajstić information content (AvgIpc) is 2.71. The van der Waals surface area contributed by atoms with Crippen LogP contribution in [-0.4, -0.2) is 14.7 Å². The summed E-state index contributed by atoms with van der Waals surface area (Å²) < 4.78 is 1.33. The van der Waals surface area contributed by atoms with Gasteiger partial charge in [-0.2, -0.15) is 10.4 Å². The van der Waals surface area contributed by atoms with Crippen LogP contribution in [-0.2, 0) is 6.54 Å². The first-order valence-electron chi connectivity index (χ1n) is 5.06. The van der Waals surface area contributed by atoms with E-state index in [4.69, 9.17) is 11.0 Å². The van der Waals surface area contributed by atoms with E-state index >= 15 is 0 Å². The van der Waals surface area contributed by atoms with Crippen molar-refractivity contribution < 1.29 is 4.92 Å². The van der Waals surface area contributed by atoms with Crippen LogP contribution in [0.25, 0.3) is 0 Å². The number of nitrogens with zero attached hydrogens (tertiary/aromatic N) is 4. The summed E-state index contributed by atoms with van der Waals surface area (Å²) in [5, 5.41) is 23.2. The quantitative estimate of drug-likeness (QED) is 0.645. The zero-order valence-electron chi connectivity index (χ0n) is 9.28. The molecule has 90 valence electrons. The van der Waals surface area contributed by atoms with E-state index in [-0.39, 0.29) is 18.1 Å². The first-order valence-corrected chi connectivity index (χ1v) is 5.06. The molecule has 0 unspecified atom stereocenters. The summed E-state index contributed by atoms with van der Waals surface area (Å²) in [6.07, 6.45) is 1.11. The Balaban J connectivity index is 2.29. The molecule has 0 radical (unpaired) electrons. The summed E-state index contributed by atoms with van der Waals surface area (Å²) in [5.74, 6) is 0.00219. The van der Waals surface area contributed by atoms with Crippen molar-refractivity contribution in [3.63, 3.8) is 0 Å². The Labute approximate surface area is 102 Å². The highest BCUT2D eigenvalue weighted by Crippen LogP contribution is 2.20. The van der Waals surface area contributed by atoms with Crippen LogP contribution in [0.4, 0.5) is 11.5 Å². The van der Waals surface area contributed by atoms with Gasteiger partial charge in [0, 0.05) is 0 Å². The Kier molecular flexibility index (Phi) is 2.93. The second-order valence-corrected chi connectivity index (χ2v) is 3.64. The maximum atomic E-state index is 10.6. The van der Waals surface area contributed by atoms with Crippen molar-refractivity contribution in [2.24, 2.45) is 0 Å². The average molecular weight is 243 g/mol. The van der Waals surface area contributed by atoms with Gasteiger partial charge in [-0.25, -0.2) is 4.68 Å². The van der Waals surface area contributed by atoms with E-state index in [1.165, 1.54) is 4.68 Å². The highest BCUT2D eigenvalue weighted by atomic mass is 16.6. The fourth-order valence-corrected chi connectivity index (χ4v) is 1.56. The molecule has 2 rings (SSSR count). The predicted molar refractivity (Wildman–Crippen MR) is 63.6 cm³/mol. The van der Waals surface area contributed by atoms with Crippen molar-refractivity contribution in [1.29, 1.82) is 5.26 Å². The molecule has 2 aromatic rings. The SMILES string of the molecule is N#Cc1cccc(Cn2ncc([N+](=O)[O-])c2N)c1. The predicted octanol–water partition coefficient (Wildman–Crippen LogP) is 1.29. The fraction of sp³-hybridized carbons (Fsp3) is 0.0909. The molecule has 0 atom stereocenters. The standard InChI is InChI=1S/C11H9N5O2/c12-5-8-2-1-3-9(4-8)7-15-11(13)10(6-14-15)16(17)18/h1-4,6H,7,13H2. The summed E-state index contributed by atoms with van der Waals surface area (Å²) in [7, 11) is 0. The van der Waals surface area contributed by atoms with Crippen LogP contribution in [0.1, 0.15) is 11.1 Å². The van der Waals surface area contributed by atoms with Gasteiger partial charge >= 0.3 is 5.69 Å². The van der Waals surface area contributed by atoms with Crippen molar-refractivity contribution in [1.82, 2.24) is 9.78 Å². The van der Waals surface area contributed by atoms with E-state index in [1.807, 2.05) is 6.07 Å². The maximum absolute atomic E-state index is 10.6. The number of benzene rings is 1. The minimum atomic E-state index is -0.579. The van der Waals surface area contributed by atoms with E-state index in [0.717, 1.165) is 11.8 Å². The lowest BCUT2D eigenvalue weighted by molar-refractivity contribution is -0.384. The van der Waals surface area contributed by atoms with Crippen LogP contribution in [0.15, 0.2) is 30.5 Å². The minimum absolute atomic E-state index is 0.00219. The van der Waals surface area contributed by atoms with Crippen molar-refractivity contribution in [3.8, 4) is 6.07 Å². The molecule has 0 spiro atoms. The minimum Gasteiger partial charge on any atom is -0.378 e. The second-order valence-electron chi connectivity index (χ2n) is 3.64. The van der Waals surface area contributed by atoms with Gasteiger partial charge in [-0.3, -0.25) is 10.1 Å². The van der Waals surface area contributed by atoms with Gasteiger partial charge in [0.2, 0.25) is 5.82 Å². The third-order valence-corrected chi connectivity index (χ3v) is 2.45. The van der Waals surface area contributed by atoms with Crippen LogP contribution in [0, 0.1) is 21.4 Å². The van der Waals surface area contributed by atoms with Crippen LogP contribution in [0.2, 0.25) is 0 Å². The molecule has 0 bridgehead atoms. The number of nitriles is 1. The van der Waals surface area contributed by atoms with Crippen molar-refractivity contribution in [2.75, 3.05) is 5.73 Å². The lowest BCUT2D eigenvalue weighted by Crippen LogP contribution is -2.06. The normalized spacial score (nSPS) is 9.94. The Bertz CT molecular complexity index is 641. The summed E-state index contributed by atoms with van der Waals surface area (Å²) in [4.78, 5) is 10.0. The molecule has 7 nitrogen and oxygen atoms in total. The molecule has 0 aliphatic rings. The number of nitrogens with two attached hydrogens (primary N) is 1. The Morgan fingerprint density at radius 2 is 2.33 bits per heavy atom. The molecule has 0 aliphatic heterocycles. The Hall–Kier alpha value is -2.88. The third kappa shape index (κ3) is 2.12. The van der Waals surface area contributed by atoms with Crippen LogP contribution < -0.4 is 5.73 Å². The van der Waals surface area contributed by atoms with Gasteiger partial charge in [-0.15, -0.1) is 0 Å². The van der Waals surface area contributed by atoms with E-state index in [9.17, 15) is 10.1 Å². The third-order valence-electron chi connectivity index (χ3n) is 2.45. The number of hydrogen-bond acceptors (Lipinski definition) is 5. The van der Waals surface area contributed by atoms with Gasteiger partial charge in [0.05, 0.1) is 23.1 Å². The lowest BCUT2D eigenvalue weighted by Gasteiger charge is -2.03. The van der Waals surface area contributed by atoms with Crippen molar-refractivity contribution in [2.45, 2.75) is 6.54 Å². The summed E-state index contributed by atoms with van der Waals surface area (Å²) in [6, 6.07) is 8.93. The van der Waals surface area contributed by atoms with E-state index in [2.05, 4.69) is 5.10 Å². The molecule has 1 aromatic carbocycles. The smallest absolute Gasteiger partial charge is 0.330 e. The molecule has 1 heterocycles. The Morgan fingerprint density at radius 1 is 1.56 bits per heavy atom. The molecule has 0 amide bonds. The summed E-state index contributed by atoms with van der Waals surface area (Å²) in [5.41, 5.74) is 6.73. The number of anilines is 1. The van der Waals surface area contributed by atoms with Crippen molar-refractivity contribution >= 4 is 11.5 Å². The zero-order valence-corrected chi connectivity index (χ0v) is 9.28. The maximum Gasteiger partial charge on any atom is 0.330 e. The van der Waals surface area contributed by atoms with Gasteiger partial charge in [-0.1, -0.05) is 12.1 Å². The largest absolute Gasteiger partial charge is 0.378 e. The van der Waals surface area contributed by atoms with Crippen molar-refractivity contribution in [3.05, 3.63) is 51.7 Å².